The summed E-state index contributed by atoms with van der Waals surface area (Å²) < 4.78 is 0. The van der Waals surface area contributed by atoms with Crippen LogP contribution in [0.5, 0.6) is 0 Å². The highest BCUT2D eigenvalue weighted by Gasteiger charge is 2.33. The van der Waals surface area contributed by atoms with Gasteiger partial charge in [0.25, 0.3) is 0 Å². The van der Waals surface area contributed by atoms with Gasteiger partial charge in [-0.05, 0) is 0 Å². The number of nitrogens with one attached hydrogen (secondary N) is 1. The molecule has 0 aliphatic heterocycles. The zero-order valence-electron chi connectivity index (χ0n) is 7.35. The van der Waals surface area contributed by atoms with E-state index in [0.717, 1.165) is 0 Å². The molecule has 8 nitrogen and oxygen atoms in total. The van der Waals surface area contributed by atoms with Crippen molar-refractivity contribution in [1.29, 1.82) is 0 Å². The maximum atomic E-state index is 9.16. The molecular weight excluding hydrogens is 196 g/mol. The van der Waals surface area contributed by atoms with Crippen molar-refractivity contribution >= 4 is 0 Å². The molecule has 14 heavy (non-hydrogen) atoms. The Morgan fingerprint density at radius 2 is 1.43 bits per heavy atom. The third kappa shape index (κ3) is 3.44. The van der Waals surface area contributed by atoms with E-state index in [0.29, 0.717) is 0 Å². The average molecular weight is 212 g/mol. The minimum Gasteiger partial charge on any atom is -0.394 e. The van der Waals surface area contributed by atoms with Gasteiger partial charge in [0, 0.05) is 0 Å². The van der Waals surface area contributed by atoms with Gasteiger partial charge in [-0.1, -0.05) is 0 Å². The Balaban J connectivity index is 4.22. The molecule has 0 aromatic carbocycles. The number of nitrogens with two attached hydrogens (primary N) is 1. The van der Waals surface area contributed by atoms with Crippen molar-refractivity contribution in [3.05, 3.63) is 0 Å². The summed E-state index contributed by atoms with van der Waals surface area (Å²) in [4.78, 5) is 0. The molecule has 0 saturated heterocycles. The predicted octanol–water partition coefficient (Wildman–Crippen LogP) is -4.80. The van der Waals surface area contributed by atoms with E-state index in [2.05, 4.69) is 0 Å². The highest BCUT2D eigenvalue weighted by Crippen LogP contribution is 2.06. The lowest BCUT2D eigenvalue weighted by Crippen LogP contribution is -2.55. The van der Waals surface area contributed by atoms with E-state index in [1.165, 1.54) is 0 Å². The zero-order valence-corrected chi connectivity index (χ0v) is 7.35. The van der Waals surface area contributed by atoms with Gasteiger partial charge < -0.3 is 30.6 Å². The SMILES string of the molecule is NNC(O)[C@H](O)[C@@H](O)[C@@H](O)[C@H](O)CO. The summed E-state index contributed by atoms with van der Waals surface area (Å²) in [5.41, 5.74) is 1.75. The Labute approximate surface area is 80.2 Å². The Morgan fingerprint density at radius 3 is 1.79 bits per heavy atom. The lowest BCUT2D eigenvalue weighted by atomic mass is 10.0. The molecule has 0 amide bonds. The summed E-state index contributed by atoms with van der Waals surface area (Å²) >= 11 is 0. The van der Waals surface area contributed by atoms with Gasteiger partial charge in [0.05, 0.1) is 6.61 Å². The Kier molecular flexibility index (Phi) is 6.08. The number of aliphatic hydroxyl groups is 6. The van der Waals surface area contributed by atoms with Crippen LogP contribution in [0.2, 0.25) is 0 Å². The van der Waals surface area contributed by atoms with Crippen LogP contribution in [0.1, 0.15) is 0 Å². The van der Waals surface area contributed by atoms with Crippen LogP contribution < -0.4 is 11.3 Å². The lowest BCUT2D eigenvalue weighted by Gasteiger charge is -2.27. The van der Waals surface area contributed by atoms with Crippen molar-refractivity contribution in [3.8, 4) is 0 Å². The van der Waals surface area contributed by atoms with Gasteiger partial charge in [-0.15, -0.1) is 0 Å². The third-order valence-corrected chi connectivity index (χ3v) is 1.78. The lowest BCUT2D eigenvalue weighted by molar-refractivity contribution is -0.145. The molecule has 0 rings (SSSR count). The smallest absolute Gasteiger partial charge is 0.145 e. The Morgan fingerprint density at radius 1 is 0.929 bits per heavy atom. The molecule has 0 heterocycles. The van der Waals surface area contributed by atoms with Crippen molar-refractivity contribution < 1.29 is 30.6 Å². The predicted molar refractivity (Wildman–Crippen MR) is 44.4 cm³/mol. The van der Waals surface area contributed by atoms with Gasteiger partial charge in [0.1, 0.15) is 30.6 Å². The number of aliphatic hydroxyl groups excluding tert-OH is 6. The number of rotatable bonds is 6. The number of hydrogen-bond acceptors (Lipinski definition) is 8. The number of hydrogen-bond donors (Lipinski definition) is 8. The van der Waals surface area contributed by atoms with Crippen molar-refractivity contribution in [1.82, 2.24) is 5.43 Å². The van der Waals surface area contributed by atoms with Crippen LogP contribution >= 0.6 is 0 Å². The quantitative estimate of drug-likeness (QED) is 0.124. The summed E-state index contributed by atoms with van der Waals surface area (Å²) in [5.74, 6) is 4.75. The van der Waals surface area contributed by atoms with Gasteiger partial charge in [-0.25, -0.2) is 5.43 Å². The molecule has 0 aliphatic carbocycles. The minimum absolute atomic E-state index is 0.781. The molecule has 1 unspecified atom stereocenters. The van der Waals surface area contributed by atoms with Crippen LogP contribution in [0, 0.1) is 0 Å². The van der Waals surface area contributed by atoms with E-state index in [1.807, 2.05) is 0 Å². The van der Waals surface area contributed by atoms with Crippen LogP contribution in [0.15, 0.2) is 0 Å². The fourth-order valence-corrected chi connectivity index (χ4v) is 0.823. The molecule has 0 aromatic rings. The minimum atomic E-state index is -1.83. The molecular formula is C6H16N2O6. The molecule has 0 spiro atoms. The van der Waals surface area contributed by atoms with Crippen molar-refractivity contribution in [2.75, 3.05) is 6.61 Å². The van der Waals surface area contributed by atoms with Crippen LogP contribution in [0.25, 0.3) is 0 Å². The first-order chi connectivity index (χ1) is 6.45. The molecule has 0 aromatic heterocycles. The van der Waals surface area contributed by atoms with Gasteiger partial charge in [-0.2, -0.15) is 0 Å². The molecule has 0 fully saturated rings. The van der Waals surface area contributed by atoms with Gasteiger partial charge >= 0.3 is 0 Å². The molecule has 9 N–H and O–H groups in total. The fraction of sp³-hybridized carbons (Fsp3) is 1.00. The molecule has 8 heteroatoms. The van der Waals surface area contributed by atoms with Crippen LogP contribution in [0.3, 0.4) is 0 Å². The first-order valence-electron chi connectivity index (χ1n) is 3.93. The first-order valence-corrected chi connectivity index (χ1v) is 3.93. The first kappa shape index (κ1) is 13.7. The zero-order chi connectivity index (χ0) is 11.3. The van der Waals surface area contributed by atoms with Gasteiger partial charge in [-0.3, -0.25) is 5.84 Å². The average Bonchev–Trinajstić information content (AvgIpc) is 2.23. The second-order valence-electron chi connectivity index (χ2n) is 2.83. The van der Waals surface area contributed by atoms with Gasteiger partial charge in [0.2, 0.25) is 0 Å². The summed E-state index contributed by atoms with van der Waals surface area (Å²) in [7, 11) is 0. The largest absolute Gasteiger partial charge is 0.394 e. The third-order valence-electron chi connectivity index (χ3n) is 1.78. The standard InChI is InChI=1S/C6H16N2O6/c7-8-6(14)5(13)4(12)3(11)2(10)1-9/h2-6,8-14H,1,7H2/t2-,3+,4+,5-,6?/m1/s1. The van der Waals surface area contributed by atoms with Crippen LogP contribution in [-0.2, 0) is 0 Å². The highest BCUT2D eigenvalue weighted by atomic mass is 16.4. The van der Waals surface area contributed by atoms with E-state index in [-0.39, 0.29) is 0 Å². The van der Waals surface area contributed by atoms with Crippen molar-refractivity contribution in [2.24, 2.45) is 5.84 Å². The van der Waals surface area contributed by atoms with Crippen LogP contribution in [-0.4, -0.2) is 67.9 Å². The number of hydrazine groups is 1. The molecule has 0 aliphatic rings. The molecule has 86 valence electrons. The van der Waals surface area contributed by atoms with E-state index >= 15 is 0 Å². The Bertz CT molecular complexity index is 143. The summed E-state index contributed by atoms with van der Waals surface area (Å²) in [6, 6.07) is 0. The molecule has 0 radical (unpaired) electrons. The van der Waals surface area contributed by atoms with Crippen molar-refractivity contribution in [2.45, 2.75) is 30.6 Å². The van der Waals surface area contributed by atoms with E-state index in [9.17, 15) is 0 Å². The summed E-state index contributed by atoms with van der Waals surface area (Å²) in [6.45, 7) is -0.781. The highest BCUT2D eigenvalue weighted by molar-refractivity contribution is 4.82. The molecule has 0 saturated carbocycles. The normalized spacial score (nSPS) is 22.5. The second kappa shape index (κ2) is 6.22. The van der Waals surface area contributed by atoms with Crippen molar-refractivity contribution in [3.63, 3.8) is 0 Å². The van der Waals surface area contributed by atoms with Crippen LogP contribution in [0.4, 0.5) is 0 Å². The molecule has 0 bridgehead atoms. The maximum absolute atomic E-state index is 9.16. The second-order valence-corrected chi connectivity index (χ2v) is 2.83. The summed E-state index contributed by atoms with van der Waals surface area (Å²) in [6.07, 6.45) is -8.65. The maximum Gasteiger partial charge on any atom is 0.145 e. The topological polar surface area (TPSA) is 159 Å². The van der Waals surface area contributed by atoms with E-state index < -0.39 is 37.3 Å². The molecule has 5 atom stereocenters. The van der Waals surface area contributed by atoms with E-state index in [4.69, 9.17) is 36.5 Å². The van der Waals surface area contributed by atoms with E-state index in [1.54, 1.807) is 5.43 Å². The summed E-state index contributed by atoms with van der Waals surface area (Å²) in [5, 5.41) is 53.6. The van der Waals surface area contributed by atoms with Gasteiger partial charge in [0.15, 0.2) is 0 Å². The monoisotopic (exact) mass is 212 g/mol. The fourth-order valence-electron chi connectivity index (χ4n) is 0.823. The Hall–Kier alpha value is -0.320.